The standard InChI is InChI=1S/C22H34N2O2/c1-5-14-24(15-6-2)18(3)20-12-13-22(25-4,21(23)16-20)26-17-19-10-8-7-9-11-19/h7-13,16,18,20H,5-6,14-15,17,23H2,1-4H3. The highest BCUT2D eigenvalue weighted by Gasteiger charge is 2.36. The van der Waals surface area contributed by atoms with Gasteiger partial charge in [-0.15, -0.1) is 0 Å². The number of nitrogens with two attached hydrogens (primary N) is 1. The van der Waals surface area contributed by atoms with Gasteiger partial charge in [-0.1, -0.05) is 56.3 Å². The summed E-state index contributed by atoms with van der Waals surface area (Å²) in [5, 5.41) is 0. The summed E-state index contributed by atoms with van der Waals surface area (Å²) in [6.07, 6.45) is 8.55. The lowest BCUT2D eigenvalue weighted by Crippen LogP contribution is -2.44. The van der Waals surface area contributed by atoms with Gasteiger partial charge in [0, 0.05) is 19.1 Å². The Kier molecular flexibility index (Phi) is 7.88. The average Bonchev–Trinajstić information content (AvgIpc) is 2.67. The van der Waals surface area contributed by atoms with Crippen LogP contribution in [0.15, 0.2) is 54.3 Å². The Bertz CT molecular complexity index is 593. The van der Waals surface area contributed by atoms with Crippen molar-refractivity contribution >= 4 is 0 Å². The fourth-order valence-electron chi connectivity index (χ4n) is 3.49. The predicted octanol–water partition coefficient (Wildman–Crippen LogP) is 4.09. The van der Waals surface area contributed by atoms with Crippen LogP contribution in [0.5, 0.6) is 0 Å². The second kappa shape index (κ2) is 9.91. The molecule has 0 saturated carbocycles. The van der Waals surface area contributed by atoms with Crippen molar-refractivity contribution in [2.24, 2.45) is 11.7 Å². The zero-order valence-corrected chi connectivity index (χ0v) is 16.7. The molecule has 144 valence electrons. The zero-order chi connectivity index (χ0) is 19.0. The second-order valence-corrected chi connectivity index (χ2v) is 6.98. The van der Waals surface area contributed by atoms with Gasteiger partial charge in [0.2, 0.25) is 5.79 Å². The Balaban J connectivity index is 2.09. The van der Waals surface area contributed by atoms with Crippen LogP contribution in [0.3, 0.4) is 0 Å². The molecule has 2 rings (SSSR count). The van der Waals surface area contributed by atoms with Crippen LogP contribution in [-0.2, 0) is 16.1 Å². The van der Waals surface area contributed by atoms with Crippen molar-refractivity contribution in [3.05, 3.63) is 59.8 Å². The SMILES string of the molecule is CCCN(CCC)C(C)C1C=CC(OC)(OCc2ccccc2)C(N)=C1. The molecule has 1 aliphatic rings. The van der Waals surface area contributed by atoms with Crippen LogP contribution >= 0.6 is 0 Å². The first-order valence-electron chi connectivity index (χ1n) is 9.70. The molecule has 1 aliphatic carbocycles. The summed E-state index contributed by atoms with van der Waals surface area (Å²) in [7, 11) is 1.64. The van der Waals surface area contributed by atoms with Crippen LogP contribution in [0.1, 0.15) is 39.2 Å². The number of nitrogens with zero attached hydrogens (tertiary/aromatic N) is 1. The summed E-state index contributed by atoms with van der Waals surface area (Å²) in [5.74, 6) is -0.719. The largest absolute Gasteiger partial charge is 0.398 e. The first-order valence-corrected chi connectivity index (χ1v) is 9.70. The molecule has 0 aromatic heterocycles. The van der Waals surface area contributed by atoms with Crippen molar-refractivity contribution in [2.75, 3.05) is 20.2 Å². The highest BCUT2D eigenvalue weighted by atomic mass is 16.7. The van der Waals surface area contributed by atoms with E-state index in [1.807, 2.05) is 36.4 Å². The van der Waals surface area contributed by atoms with E-state index in [-0.39, 0.29) is 5.92 Å². The molecule has 0 amide bonds. The normalized spacial score (nSPS) is 23.9. The average molecular weight is 359 g/mol. The summed E-state index contributed by atoms with van der Waals surface area (Å²) < 4.78 is 11.8. The molecule has 0 fully saturated rings. The van der Waals surface area contributed by atoms with E-state index < -0.39 is 5.79 Å². The third-order valence-corrected chi connectivity index (χ3v) is 5.07. The van der Waals surface area contributed by atoms with Gasteiger partial charge in [-0.3, -0.25) is 4.90 Å². The summed E-state index contributed by atoms with van der Waals surface area (Å²) >= 11 is 0. The van der Waals surface area contributed by atoms with Gasteiger partial charge in [-0.25, -0.2) is 0 Å². The van der Waals surface area contributed by atoms with Crippen molar-refractivity contribution in [3.8, 4) is 0 Å². The summed E-state index contributed by atoms with van der Waals surface area (Å²) in [5.41, 5.74) is 8.13. The highest BCUT2D eigenvalue weighted by molar-refractivity contribution is 5.28. The van der Waals surface area contributed by atoms with Crippen molar-refractivity contribution in [3.63, 3.8) is 0 Å². The quantitative estimate of drug-likeness (QED) is 0.506. The maximum atomic E-state index is 6.41. The van der Waals surface area contributed by atoms with Crippen molar-refractivity contribution < 1.29 is 9.47 Å². The molecule has 4 heteroatoms. The minimum absolute atomic E-state index is 0.261. The van der Waals surface area contributed by atoms with Crippen LogP contribution in [-0.4, -0.2) is 36.9 Å². The number of methoxy groups -OCH3 is 1. The van der Waals surface area contributed by atoms with Gasteiger partial charge < -0.3 is 15.2 Å². The van der Waals surface area contributed by atoms with E-state index in [0.717, 1.165) is 31.5 Å². The van der Waals surface area contributed by atoms with Crippen molar-refractivity contribution in [1.82, 2.24) is 4.90 Å². The number of rotatable bonds is 10. The Hall–Kier alpha value is -1.62. The molecule has 3 atom stereocenters. The summed E-state index contributed by atoms with van der Waals surface area (Å²) in [4.78, 5) is 2.53. The van der Waals surface area contributed by atoms with E-state index >= 15 is 0 Å². The third-order valence-electron chi connectivity index (χ3n) is 5.07. The van der Waals surface area contributed by atoms with Gasteiger partial charge in [-0.05, 0) is 44.5 Å². The van der Waals surface area contributed by atoms with E-state index in [0.29, 0.717) is 18.3 Å². The molecule has 0 radical (unpaired) electrons. The maximum absolute atomic E-state index is 6.41. The van der Waals surface area contributed by atoms with Gasteiger partial charge in [0.05, 0.1) is 12.3 Å². The fourth-order valence-corrected chi connectivity index (χ4v) is 3.49. The lowest BCUT2D eigenvalue weighted by Gasteiger charge is -2.37. The smallest absolute Gasteiger partial charge is 0.229 e. The molecule has 0 saturated heterocycles. The van der Waals surface area contributed by atoms with E-state index in [1.165, 1.54) is 0 Å². The van der Waals surface area contributed by atoms with Crippen LogP contribution in [0.4, 0.5) is 0 Å². The topological polar surface area (TPSA) is 47.7 Å². The molecule has 0 bridgehead atoms. The van der Waals surface area contributed by atoms with Crippen LogP contribution < -0.4 is 5.73 Å². The first kappa shape index (κ1) is 20.7. The minimum Gasteiger partial charge on any atom is -0.398 e. The first-order chi connectivity index (χ1) is 12.6. The highest BCUT2D eigenvalue weighted by Crippen LogP contribution is 2.31. The summed E-state index contributed by atoms with van der Waals surface area (Å²) in [6.45, 7) is 9.38. The van der Waals surface area contributed by atoms with Gasteiger partial charge in [0.1, 0.15) is 0 Å². The van der Waals surface area contributed by atoms with Crippen LogP contribution in [0.25, 0.3) is 0 Å². The van der Waals surface area contributed by atoms with Crippen LogP contribution in [0.2, 0.25) is 0 Å². The molecule has 26 heavy (non-hydrogen) atoms. The van der Waals surface area contributed by atoms with Gasteiger partial charge in [0.25, 0.3) is 0 Å². The van der Waals surface area contributed by atoms with E-state index in [2.05, 4.69) is 37.8 Å². The monoisotopic (exact) mass is 358 g/mol. The van der Waals surface area contributed by atoms with Crippen LogP contribution in [0, 0.1) is 5.92 Å². The van der Waals surface area contributed by atoms with Gasteiger partial charge in [0.15, 0.2) is 0 Å². The molecule has 0 aliphatic heterocycles. The Labute approximate surface area is 158 Å². The Morgan fingerprint density at radius 1 is 1.15 bits per heavy atom. The van der Waals surface area contributed by atoms with Crippen molar-refractivity contribution in [2.45, 2.75) is 52.0 Å². The van der Waals surface area contributed by atoms with E-state index in [4.69, 9.17) is 15.2 Å². The number of benzene rings is 1. The summed E-state index contributed by atoms with van der Waals surface area (Å²) in [6, 6.07) is 10.5. The molecule has 0 spiro atoms. The van der Waals surface area contributed by atoms with Crippen molar-refractivity contribution in [1.29, 1.82) is 0 Å². The van der Waals surface area contributed by atoms with E-state index in [1.54, 1.807) is 7.11 Å². The molecule has 2 N–H and O–H groups in total. The third kappa shape index (κ3) is 4.97. The fraction of sp³-hybridized carbons (Fsp3) is 0.545. The molecule has 1 aromatic rings. The Morgan fingerprint density at radius 3 is 2.35 bits per heavy atom. The van der Waals surface area contributed by atoms with Gasteiger partial charge >= 0.3 is 0 Å². The lowest BCUT2D eigenvalue weighted by atomic mass is 9.90. The van der Waals surface area contributed by atoms with E-state index in [9.17, 15) is 0 Å². The molecular formula is C22H34N2O2. The lowest BCUT2D eigenvalue weighted by molar-refractivity contribution is -0.171. The Morgan fingerprint density at radius 2 is 1.81 bits per heavy atom. The minimum atomic E-state index is -0.980. The molecule has 1 aromatic carbocycles. The number of hydrogen-bond donors (Lipinski definition) is 1. The maximum Gasteiger partial charge on any atom is 0.229 e. The molecule has 0 heterocycles. The molecular weight excluding hydrogens is 324 g/mol. The predicted molar refractivity (Wildman–Crippen MR) is 107 cm³/mol. The molecule has 3 unspecified atom stereocenters. The number of ether oxygens (including phenoxy) is 2. The second-order valence-electron chi connectivity index (χ2n) is 6.98. The molecule has 4 nitrogen and oxygen atoms in total. The zero-order valence-electron chi connectivity index (χ0n) is 16.7. The van der Waals surface area contributed by atoms with Gasteiger partial charge in [-0.2, -0.15) is 0 Å². The number of hydrogen-bond acceptors (Lipinski definition) is 4.